The van der Waals surface area contributed by atoms with Gasteiger partial charge in [-0.15, -0.1) is 5.10 Å². The van der Waals surface area contributed by atoms with Crippen molar-refractivity contribution in [3.8, 4) is 0 Å². The smallest absolute Gasteiger partial charge is 0.303 e. The standard InChI is InChI=1S/C33H37FN6O7S/c1-21(24-10-12-27(34)13-11-24)35-32(43)25-15-26(17-29(16-25)39(3)48(4,45)46)33(44)36-30(14-23-8-6-5-7-9-23)31(42)19-40-18-28(37-38-40)20-47-22(2)41/h5-13,15-18,21,30-31,42H,14,19-20H2,1-4H3,(H,35,43)(H,36,44)/t21-,30+,31+/m1/s1. The number of aliphatic hydroxyl groups is 1. The van der Waals surface area contributed by atoms with E-state index in [0.717, 1.165) is 16.1 Å². The fourth-order valence-electron chi connectivity index (χ4n) is 4.75. The molecule has 4 rings (SSSR count). The van der Waals surface area contributed by atoms with E-state index in [1.54, 1.807) is 6.92 Å². The minimum atomic E-state index is -3.78. The molecule has 1 heterocycles. The number of ether oxygens (including phenoxy) is 1. The highest BCUT2D eigenvalue weighted by molar-refractivity contribution is 7.92. The zero-order valence-electron chi connectivity index (χ0n) is 26.8. The van der Waals surface area contributed by atoms with Crippen LogP contribution >= 0.6 is 0 Å². The fraction of sp³-hybridized carbons (Fsp3) is 0.303. The van der Waals surface area contributed by atoms with Gasteiger partial charge in [-0.3, -0.25) is 18.7 Å². The number of anilines is 1. The summed E-state index contributed by atoms with van der Waals surface area (Å²) in [7, 11) is -2.48. The Morgan fingerprint density at radius 3 is 2.23 bits per heavy atom. The van der Waals surface area contributed by atoms with Gasteiger partial charge in [0.15, 0.2) is 0 Å². The second kappa shape index (κ2) is 15.6. The molecule has 0 aliphatic heterocycles. The number of sulfonamides is 1. The van der Waals surface area contributed by atoms with Crippen LogP contribution in [0.4, 0.5) is 10.1 Å². The van der Waals surface area contributed by atoms with E-state index in [2.05, 4.69) is 20.9 Å². The number of hydrogen-bond acceptors (Lipinski definition) is 9. The Morgan fingerprint density at radius 1 is 1.00 bits per heavy atom. The largest absolute Gasteiger partial charge is 0.459 e. The van der Waals surface area contributed by atoms with Crippen LogP contribution in [-0.4, -0.2) is 71.8 Å². The average molecular weight is 681 g/mol. The Balaban J connectivity index is 1.61. The van der Waals surface area contributed by atoms with Crippen molar-refractivity contribution in [2.75, 3.05) is 17.6 Å². The van der Waals surface area contributed by atoms with Crippen molar-refractivity contribution < 1.29 is 37.0 Å². The number of aromatic nitrogens is 3. The number of halogens is 1. The molecular weight excluding hydrogens is 643 g/mol. The van der Waals surface area contributed by atoms with E-state index in [1.807, 2.05) is 30.3 Å². The third-order valence-corrected chi connectivity index (χ3v) is 8.69. The Kier molecular flexibility index (Phi) is 11.6. The van der Waals surface area contributed by atoms with E-state index in [-0.39, 0.29) is 36.4 Å². The molecule has 0 unspecified atom stereocenters. The lowest BCUT2D eigenvalue weighted by atomic mass is 10.00. The summed E-state index contributed by atoms with van der Waals surface area (Å²) in [5.41, 5.74) is 1.86. The van der Waals surface area contributed by atoms with Crippen LogP contribution in [0, 0.1) is 5.82 Å². The third-order valence-electron chi connectivity index (χ3n) is 7.48. The first-order valence-electron chi connectivity index (χ1n) is 14.9. The summed E-state index contributed by atoms with van der Waals surface area (Å²) in [6.45, 7) is 2.81. The van der Waals surface area contributed by atoms with Gasteiger partial charge < -0.3 is 20.5 Å². The zero-order valence-corrected chi connectivity index (χ0v) is 27.6. The normalized spacial score (nSPS) is 13.2. The molecule has 0 bridgehead atoms. The molecule has 0 spiro atoms. The van der Waals surface area contributed by atoms with Gasteiger partial charge in [0.05, 0.1) is 42.9 Å². The molecule has 0 aliphatic rings. The summed E-state index contributed by atoms with van der Waals surface area (Å²) >= 11 is 0. The number of benzene rings is 3. The summed E-state index contributed by atoms with van der Waals surface area (Å²) in [5.74, 6) is -2.18. The van der Waals surface area contributed by atoms with Gasteiger partial charge in [0.1, 0.15) is 18.1 Å². The van der Waals surface area contributed by atoms with Gasteiger partial charge in [0.2, 0.25) is 10.0 Å². The number of aliphatic hydroxyl groups excluding tert-OH is 1. The highest BCUT2D eigenvalue weighted by Crippen LogP contribution is 2.23. The summed E-state index contributed by atoms with van der Waals surface area (Å²) < 4.78 is 45.5. The highest BCUT2D eigenvalue weighted by Gasteiger charge is 2.26. The number of nitrogens with one attached hydrogen (secondary N) is 2. The predicted molar refractivity (Wildman–Crippen MR) is 175 cm³/mol. The van der Waals surface area contributed by atoms with Gasteiger partial charge >= 0.3 is 5.97 Å². The summed E-state index contributed by atoms with van der Waals surface area (Å²) in [6.07, 6.45) is 1.53. The predicted octanol–water partition coefficient (Wildman–Crippen LogP) is 2.77. The Labute approximate surface area is 277 Å². The van der Waals surface area contributed by atoms with Crippen LogP contribution in [0.15, 0.2) is 79.0 Å². The molecule has 3 atom stereocenters. The van der Waals surface area contributed by atoms with Crippen molar-refractivity contribution in [3.63, 3.8) is 0 Å². The van der Waals surface area contributed by atoms with Gasteiger partial charge in [-0.1, -0.05) is 47.7 Å². The van der Waals surface area contributed by atoms with E-state index in [4.69, 9.17) is 4.74 Å². The number of rotatable bonds is 14. The van der Waals surface area contributed by atoms with E-state index in [9.17, 15) is 32.3 Å². The molecular formula is C33H37FN6O7S. The topological polar surface area (TPSA) is 173 Å². The third kappa shape index (κ3) is 9.92. The molecule has 48 heavy (non-hydrogen) atoms. The average Bonchev–Trinajstić information content (AvgIpc) is 3.50. The Hall–Kier alpha value is -5.15. The SMILES string of the molecule is CC(=O)OCc1cn(C[C@H](O)[C@H](Cc2ccccc2)NC(=O)c2cc(C(=O)N[C@H](C)c3ccc(F)cc3)cc(N(C)S(C)(=O)=O)c2)nn1. The molecule has 0 saturated carbocycles. The van der Waals surface area contributed by atoms with Crippen LogP contribution in [-0.2, 0) is 39.1 Å². The number of nitrogens with zero attached hydrogens (tertiary/aromatic N) is 4. The lowest BCUT2D eigenvalue weighted by Gasteiger charge is -2.25. The molecule has 4 aromatic rings. The van der Waals surface area contributed by atoms with Gasteiger partial charge in [-0.2, -0.15) is 0 Å². The van der Waals surface area contributed by atoms with Crippen molar-refractivity contribution in [3.05, 3.63) is 113 Å². The van der Waals surface area contributed by atoms with Crippen molar-refractivity contribution in [2.45, 2.75) is 51.6 Å². The number of esters is 1. The molecule has 2 amide bonds. The van der Waals surface area contributed by atoms with E-state index < -0.39 is 51.8 Å². The van der Waals surface area contributed by atoms with Crippen LogP contribution < -0.4 is 14.9 Å². The Bertz CT molecular complexity index is 1850. The quantitative estimate of drug-likeness (QED) is 0.169. The molecule has 1 aromatic heterocycles. The fourth-order valence-corrected chi connectivity index (χ4v) is 5.24. The minimum Gasteiger partial charge on any atom is -0.459 e. The summed E-state index contributed by atoms with van der Waals surface area (Å²) in [4.78, 5) is 38.3. The highest BCUT2D eigenvalue weighted by atomic mass is 32.2. The zero-order chi connectivity index (χ0) is 35.0. The maximum atomic E-state index is 13.8. The monoisotopic (exact) mass is 680 g/mol. The maximum absolute atomic E-state index is 13.8. The first-order valence-corrected chi connectivity index (χ1v) is 16.7. The molecule has 15 heteroatoms. The number of carbonyl (C=O) groups is 3. The van der Waals surface area contributed by atoms with E-state index in [1.165, 1.54) is 67.3 Å². The maximum Gasteiger partial charge on any atom is 0.303 e. The number of carbonyl (C=O) groups excluding carboxylic acids is 3. The Morgan fingerprint density at radius 2 is 1.62 bits per heavy atom. The van der Waals surface area contributed by atoms with Crippen molar-refractivity contribution >= 4 is 33.5 Å². The van der Waals surface area contributed by atoms with Crippen LogP contribution in [0.3, 0.4) is 0 Å². The van der Waals surface area contributed by atoms with Crippen molar-refractivity contribution in [2.24, 2.45) is 0 Å². The number of hydrogen-bond donors (Lipinski definition) is 3. The molecule has 0 fully saturated rings. The molecule has 3 N–H and O–H groups in total. The van der Waals surface area contributed by atoms with Crippen molar-refractivity contribution in [1.82, 2.24) is 25.6 Å². The number of amides is 2. The lowest BCUT2D eigenvalue weighted by Crippen LogP contribution is -2.46. The molecule has 0 radical (unpaired) electrons. The van der Waals surface area contributed by atoms with Crippen LogP contribution in [0.5, 0.6) is 0 Å². The molecule has 0 saturated heterocycles. The minimum absolute atomic E-state index is 0.00481. The lowest BCUT2D eigenvalue weighted by molar-refractivity contribution is -0.142. The van der Waals surface area contributed by atoms with Gasteiger partial charge in [-0.05, 0) is 54.8 Å². The van der Waals surface area contributed by atoms with Gasteiger partial charge in [0, 0.05) is 25.1 Å². The molecule has 0 aliphatic carbocycles. The van der Waals surface area contributed by atoms with Gasteiger partial charge in [-0.25, -0.2) is 17.5 Å². The van der Waals surface area contributed by atoms with Crippen LogP contribution in [0.1, 0.15) is 57.4 Å². The second-order valence-electron chi connectivity index (χ2n) is 11.3. The van der Waals surface area contributed by atoms with Crippen LogP contribution in [0.25, 0.3) is 0 Å². The van der Waals surface area contributed by atoms with E-state index >= 15 is 0 Å². The summed E-state index contributed by atoms with van der Waals surface area (Å²) in [6, 6.07) is 17.4. The van der Waals surface area contributed by atoms with Crippen LogP contribution in [0.2, 0.25) is 0 Å². The second-order valence-corrected chi connectivity index (χ2v) is 13.3. The van der Waals surface area contributed by atoms with Crippen molar-refractivity contribution in [1.29, 1.82) is 0 Å². The van der Waals surface area contributed by atoms with Gasteiger partial charge in [0.25, 0.3) is 11.8 Å². The molecule has 254 valence electrons. The first kappa shape index (κ1) is 35.7. The molecule has 13 nitrogen and oxygen atoms in total. The van der Waals surface area contributed by atoms with E-state index in [0.29, 0.717) is 11.3 Å². The first-order chi connectivity index (χ1) is 22.7. The summed E-state index contributed by atoms with van der Waals surface area (Å²) in [5, 5.41) is 24.8. The molecule has 3 aromatic carbocycles.